The fraction of sp³-hybridized carbons (Fsp3) is 0.312. The molecule has 8 nitrogen and oxygen atoms in total. The van der Waals surface area contributed by atoms with Crippen LogP contribution >= 0.6 is 11.8 Å². The number of benzene rings is 1. The van der Waals surface area contributed by atoms with Crippen molar-refractivity contribution in [1.82, 2.24) is 19.1 Å². The van der Waals surface area contributed by atoms with E-state index in [1.807, 2.05) is 11.5 Å². The molecule has 0 spiro atoms. The van der Waals surface area contributed by atoms with Crippen LogP contribution in [0.5, 0.6) is 0 Å². The molecule has 140 valence electrons. The Bertz CT molecular complexity index is 889. The van der Waals surface area contributed by atoms with E-state index in [9.17, 15) is 13.2 Å². The van der Waals surface area contributed by atoms with Crippen LogP contribution in [-0.2, 0) is 21.4 Å². The summed E-state index contributed by atoms with van der Waals surface area (Å²) < 4.78 is 27.1. The number of anilines is 1. The van der Waals surface area contributed by atoms with Gasteiger partial charge in [-0.3, -0.25) is 4.79 Å². The zero-order valence-electron chi connectivity index (χ0n) is 14.8. The molecule has 26 heavy (non-hydrogen) atoms. The summed E-state index contributed by atoms with van der Waals surface area (Å²) >= 11 is 1.27. The van der Waals surface area contributed by atoms with Gasteiger partial charge in [-0.2, -0.15) is 0 Å². The molecule has 0 saturated carbocycles. The standard InChI is InChI=1S/C16H21N5O3S2/c1-5-10-21-12(2)18-19-16(21)25-11-15(22)17-13-6-8-14(9-7-13)26(23,24)20(3)4/h5-9H,1,10-11H2,2-4H3,(H,17,22). The van der Waals surface area contributed by atoms with Gasteiger partial charge in [0.15, 0.2) is 5.16 Å². The van der Waals surface area contributed by atoms with Crippen molar-refractivity contribution in [1.29, 1.82) is 0 Å². The lowest BCUT2D eigenvalue weighted by atomic mass is 10.3. The lowest BCUT2D eigenvalue weighted by Crippen LogP contribution is -2.22. The molecule has 0 bridgehead atoms. The summed E-state index contributed by atoms with van der Waals surface area (Å²) in [5, 5.41) is 11.4. The van der Waals surface area contributed by atoms with Crippen LogP contribution in [0.15, 0.2) is 47.0 Å². The van der Waals surface area contributed by atoms with E-state index in [2.05, 4.69) is 22.1 Å². The number of carbonyl (C=O) groups is 1. The number of aromatic nitrogens is 3. The second kappa shape index (κ2) is 8.47. The van der Waals surface area contributed by atoms with Crippen molar-refractivity contribution >= 4 is 33.4 Å². The second-order valence-corrected chi connectivity index (χ2v) is 8.67. The first-order valence-electron chi connectivity index (χ1n) is 7.71. The van der Waals surface area contributed by atoms with Gasteiger partial charge in [0.1, 0.15) is 5.82 Å². The first-order valence-corrected chi connectivity index (χ1v) is 10.1. The molecule has 0 unspecified atom stereocenters. The van der Waals surface area contributed by atoms with Crippen LogP contribution in [0.25, 0.3) is 0 Å². The molecule has 1 aromatic carbocycles. The van der Waals surface area contributed by atoms with Crippen LogP contribution in [0.2, 0.25) is 0 Å². The molecule has 1 aromatic heterocycles. The zero-order valence-corrected chi connectivity index (χ0v) is 16.5. The van der Waals surface area contributed by atoms with E-state index in [4.69, 9.17) is 0 Å². The maximum absolute atomic E-state index is 12.1. The van der Waals surface area contributed by atoms with Gasteiger partial charge in [0.2, 0.25) is 15.9 Å². The van der Waals surface area contributed by atoms with Gasteiger partial charge < -0.3 is 9.88 Å². The van der Waals surface area contributed by atoms with E-state index < -0.39 is 10.0 Å². The average molecular weight is 396 g/mol. The Labute approximate surface area is 157 Å². The maximum atomic E-state index is 12.1. The van der Waals surface area contributed by atoms with Gasteiger partial charge in [-0.05, 0) is 31.2 Å². The first kappa shape index (κ1) is 20.1. The predicted molar refractivity (Wildman–Crippen MR) is 102 cm³/mol. The summed E-state index contributed by atoms with van der Waals surface area (Å²) in [6.07, 6.45) is 1.74. The number of nitrogens with zero attached hydrogens (tertiary/aromatic N) is 4. The van der Waals surface area contributed by atoms with Crippen LogP contribution in [0.4, 0.5) is 5.69 Å². The van der Waals surface area contributed by atoms with Crippen molar-refractivity contribution in [2.24, 2.45) is 0 Å². The number of aryl methyl sites for hydroxylation is 1. The van der Waals surface area contributed by atoms with Gasteiger partial charge in [-0.15, -0.1) is 16.8 Å². The Kier molecular flexibility index (Phi) is 6.57. The third-order valence-electron chi connectivity index (χ3n) is 3.46. The molecule has 0 aliphatic heterocycles. The van der Waals surface area contributed by atoms with Crippen LogP contribution in [0.1, 0.15) is 5.82 Å². The van der Waals surface area contributed by atoms with E-state index in [-0.39, 0.29) is 16.6 Å². The molecule has 0 saturated heterocycles. The highest BCUT2D eigenvalue weighted by atomic mass is 32.2. The summed E-state index contributed by atoms with van der Waals surface area (Å²) in [4.78, 5) is 12.3. The van der Waals surface area contributed by atoms with E-state index >= 15 is 0 Å². The molecule has 2 aromatic rings. The molecule has 2 rings (SSSR count). The van der Waals surface area contributed by atoms with E-state index in [1.165, 1.54) is 38.0 Å². The van der Waals surface area contributed by atoms with Crippen LogP contribution in [-0.4, -0.2) is 53.2 Å². The van der Waals surface area contributed by atoms with Crippen LogP contribution < -0.4 is 5.32 Å². The minimum atomic E-state index is -3.49. The summed E-state index contributed by atoms with van der Waals surface area (Å²) in [7, 11) is -0.551. The lowest BCUT2D eigenvalue weighted by molar-refractivity contribution is -0.113. The highest BCUT2D eigenvalue weighted by Crippen LogP contribution is 2.19. The highest BCUT2D eigenvalue weighted by molar-refractivity contribution is 7.99. The number of hydrogen-bond acceptors (Lipinski definition) is 6. The van der Waals surface area contributed by atoms with Crippen LogP contribution in [0, 0.1) is 6.92 Å². The summed E-state index contributed by atoms with van der Waals surface area (Å²) in [6.45, 7) is 6.10. The Morgan fingerprint density at radius 3 is 2.54 bits per heavy atom. The second-order valence-electron chi connectivity index (χ2n) is 5.58. The number of hydrogen-bond donors (Lipinski definition) is 1. The molecule has 0 fully saturated rings. The molecule has 1 amide bonds. The Morgan fingerprint density at radius 1 is 1.31 bits per heavy atom. The van der Waals surface area contributed by atoms with E-state index in [1.54, 1.807) is 18.2 Å². The molecule has 0 radical (unpaired) electrons. The monoisotopic (exact) mass is 395 g/mol. The lowest BCUT2D eigenvalue weighted by Gasteiger charge is -2.12. The summed E-state index contributed by atoms with van der Waals surface area (Å²) in [5.74, 6) is 0.696. The van der Waals surface area contributed by atoms with Crippen molar-refractivity contribution in [3.05, 3.63) is 42.7 Å². The van der Waals surface area contributed by atoms with Gasteiger partial charge in [0.05, 0.1) is 10.6 Å². The number of thioether (sulfide) groups is 1. The molecule has 0 atom stereocenters. The third kappa shape index (κ3) is 4.71. The minimum Gasteiger partial charge on any atom is -0.325 e. The molecular formula is C16H21N5O3S2. The number of rotatable bonds is 8. The summed E-state index contributed by atoms with van der Waals surface area (Å²) in [6, 6.07) is 6.04. The maximum Gasteiger partial charge on any atom is 0.242 e. The predicted octanol–water partition coefficient (Wildman–Crippen LogP) is 1.75. The van der Waals surface area contributed by atoms with E-state index in [0.29, 0.717) is 17.4 Å². The molecule has 1 N–H and O–H groups in total. The largest absolute Gasteiger partial charge is 0.325 e. The molecule has 1 heterocycles. The van der Waals surface area contributed by atoms with Gasteiger partial charge in [0.25, 0.3) is 0 Å². The average Bonchev–Trinajstić information content (AvgIpc) is 2.94. The van der Waals surface area contributed by atoms with Crippen molar-refractivity contribution in [3.8, 4) is 0 Å². The number of carbonyl (C=O) groups excluding carboxylic acids is 1. The molecule has 10 heteroatoms. The first-order chi connectivity index (χ1) is 12.3. The molecule has 0 aliphatic rings. The third-order valence-corrected chi connectivity index (χ3v) is 6.26. The minimum absolute atomic E-state index is 0.160. The van der Waals surface area contributed by atoms with Crippen molar-refractivity contribution < 1.29 is 13.2 Å². The van der Waals surface area contributed by atoms with Gasteiger partial charge in [-0.1, -0.05) is 17.8 Å². The quantitative estimate of drug-likeness (QED) is 0.540. The van der Waals surface area contributed by atoms with E-state index in [0.717, 1.165) is 10.1 Å². The Balaban J connectivity index is 1.97. The summed E-state index contributed by atoms with van der Waals surface area (Å²) in [5.41, 5.74) is 0.525. The van der Waals surface area contributed by atoms with Crippen LogP contribution in [0.3, 0.4) is 0 Å². The Morgan fingerprint density at radius 2 is 1.96 bits per heavy atom. The number of sulfonamides is 1. The molecular weight excluding hydrogens is 374 g/mol. The normalized spacial score (nSPS) is 11.5. The number of nitrogens with one attached hydrogen (secondary N) is 1. The fourth-order valence-electron chi connectivity index (χ4n) is 2.06. The highest BCUT2D eigenvalue weighted by Gasteiger charge is 2.17. The Hall–Kier alpha value is -2.17. The SMILES string of the molecule is C=CCn1c(C)nnc1SCC(=O)Nc1ccc(S(=O)(=O)N(C)C)cc1. The van der Waals surface area contributed by atoms with Crippen molar-refractivity contribution in [2.45, 2.75) is 23.5 Å². The van der Waals surface area contributed by atoms with Gasteiger partial charge >= 0.3 is 0 Å². The topological polar surface area (TPSA) is 97.2 Å². The fourth-order valence-corrected chi connectivity index (χ4v) is 3.75. The van der Waals surface area contributed by atoms with Crippen molar-refractivity contribution in [3.63, 3.8) is 0 Å². The van der Waals surface area contributed by atoms with Gasteiger partial charge in [-0.25, -0.2) is 12.7 Å². The van der Waals surface area contributed by atoms with Crippen molar-refractivity contribution in [2.75, 3.05) is 25.2 Å². The number of amides is 1. The zero-order chi connectivity index (χ0) is 19.3. The smallest absolute Gasteiger partial charge is 0.242 e. The molecule has 0 aliphatic carbocycles. The van der Waals surface area contributed by atoms with Gasteiger partial charge in [0, 0.05) is 26.3 Å². The number of allylic oxidation sites excluding steroid dienone is 1.